The minimum absolute atomic E-state index is 0.398. The average Bonchev–Trinajstić information content (AvgIpc) is 3.23. The van der Waals surface area contributed by atoms with Gasteiger partial charge in [0.1, 0.15) is 0 Å². The maximum atomic E-state index is 12.0. The van der Waals surface area contributed by atoms with Gasteiger partial charge in [-0.1, -0.05) is 90.1 Å². The summed E-state index contributed by atoms with van der Waals surface area (Å²) in [7, 11) is 4.08. The molecule has 0 saturated heterocycles. The summed E-state index contributed by atoms with van der Waals surface area (Å²) in [6.45, 7) is 0. The Kier molecular flexibility index (Phi) is 9.90. The van der Waals surface area contributed by atoms with Crippen molar-refractivity contribution in [3.05, 3.63) is 177 Å². The van der Waals surface area contributed by atoms with Crippen LogP contribution in [0, 0.1) is 35.5 Å². The fourth-order valence-electron chi connectivity index (χ4n) is 5.96. The number of hydrogen-bond donors (Lipinski definition) is 0. The predicted molar refractivity (Wildman–Crippen MR) is 208 cm³/mol. The Hall–Kier alpha value is -7.59. The van der Waals surface area contributed by atoms with Crippen LogP contribution in [0.1, 0.15) is 64.5 Å². The zero-order valence-corrected chi connectivity index (χ0v) is 29.6. The van der Waals surface area contributed by atoms with Crippen LogP contribution in [0.2, 0.25) is 0 Å². The highest BCUT2D eigenvalue weighted by molar-refractivity contribution is 5.91. The molecule has 6 aromatic carbocycles. The first-order valence-electron chi connectivity index (χ1n) is 16.9. The molecule has 0 bridgehead atoms. The molecule has 6 heteroatoms. The van der Waals surface area contributed by atoms with Crippen LogP contribution >= 0.6 is 0 Å². The van der Waals surface area contributed by atoms with Gasteiger partial charge < -0.3 is 14.2 Å². The number of hydrogen-bond acceptors (Lipinski definition) is 6. The van der Waals surface area contributed by atoms with Crippen LogP contribution in [-0.4, -0.2) is 39.2 Å². The molecule has 0 amide bonds. The Morgan fingerprint density at radius 3 is 0.778 bits per heavy atom. The smallest absolute Gasteiger partial charge is 0.337 e. The molecular weight excluding hydrogens is 673 g/mol. The maximum Gasteiger partial charge on any atom is 0.337 e. The summed E-state index contributed by atoms with van der Waals surface area (Å²) < 4.78 is 14.6. The van der Waals surface area contributed by atoms with Crippen molar-refractivity contribution in [1.29, 1.82) is 0 Å². The zero-order chi connectivity index (χ0) is 37.6. The van der Waals surface area contributed by atoms with E-state index in [1.807, 2.05) is 91.0 Å². The van der Waals surface area contributed by atoms with Crippen LogP contribution in [-0.2, 0) is 14.2 Å². The molecule has 0 N–H and O–H groups in total. The summed E-state index contributed by atoms with van der Waals surface area (Å²) in [5.41, 5.74) is 11.3. The van der Waals surface area contributed by atoms with E-state index in [4.69, 9.17) is 14.2 Å². The number of esters is 3. The molecule has 0 unspecified atom stereocenters. The highest BCUT2D eigenvalue weighted by Gasteiger charge is 2.11. The Bertz CT molecular complexity index is 2350. The lowest BCUT2D eigenvalue weighted by atomic mass is 9.95. The van der Waals surface area contributed by atoms with Gasteiger partial charge in [0.2, 0.25) is 0 Å². The highest BCUT2D eigenvalue weighted by Crippen LogP contribution is 2.27. The van der Waals surface area contributed by atoms with Gasteiger partial charge in [0.15, 0.2) is 0 Å². The molecule has 0 heterocycles. The van der Waals surface area contributed by atoms with Crippen molar-refractivity contribution in [2.24, 2.45) is 0 Å². The molecule has 0 aromatic heterocycles. The number of fused-ring (bicyclic) bond motifs is 3. The number of rotatable bonds is 6. The van der Waals surface area contributed by atoms with E-state index in [0.29, 0.717) is 16.7 Å². The quantitative estimate of drug-likeness (QED) is 0.0982. The number of benzene rings is 6. The Labute approximate surface area is 313 Å². The molecular formula is C48H30O6. The van der Waals surface area contributed by atoms with E-state index in [1.54, 1.807) is 36.4 Å². The molecule has 54 heavy (non-hydrogen) atoms. The van der Waals surface area contributed by atoms with Crippen molar-refractivity contribution in [3.63, 3.8) is 0 Å². The molecule has 0 aliphatic heterocycles. The zero-order valence-electron chi connectivity index (χ0n) is 29.6. The number of methoxy groups -OCH3 is 3. The molecule has 0 radical (unpaired) electrons. The fraction of sp³-hybridized carbons (Fsp3) is 0.0625. The Morgan fingerprint density at radius 1 is 0.315 bits per heavy atom. The van der Waals surface area contributed by atoms with E-state index in [1.165, 1.54) is 21.3 Å². The van der Waals surface area contributed by atoms with Gasteiger partial charge in [-0.25, -0.2) is 14.4 Å². The minimum Gasteiger partial charge on any atom is -0.465 e. The van der Waals surface area contributed by atoms with Crippen molar-refractivity contribution < 1.29 is 28.6 Å². The van der Waals surface area contributed by atoms with Gasteiger partial charge in [0.05, 0.1) is 38.0 Å². The summed E-state index contributed by atoms with van der Waals surface area (Å²) in [6.07, 6.45) is 0. The van der Waals surface area contributed by atoms with Crippen LogP contribution in [0.15, 0.2) is 127 Å². The number of ether oxygens (including phenoxy) is 3. The van der Waals surface area contributed by atoms with E-state index < -0.39 is 17.9 Å². The summed E-state index contributed by atoms with van der Waals surface area (Å²) in [5, 5.41) is 0. The molecule has 0 fully saturated rings. The van der Waals surface area contributed by atoms with E-state index in [-0.39, 0.29) is 0 Å². The normalized spacial score (nSPS) is 10.7. The topological polar surface area (TPSA) is 78.9 Å². The molecule has 258 valence electrons. The van der Waals surface area contributed by atoms with E-state index in [2.05, 4.69) is 35.5 Å². The summed E-state index contributed by atoms with van der Waals surface area (Å²) in [5.74, 6) is 19.0. The monoisotopic (exact) mass is 702 g/mol. The lowest BCUT2D eigenvalue weighted by Gasteiger charge is -2.08. The minimum atomic E-state index is -0.398. The van der Waals surface area contributed by atoms with Crippen molar-refractivity contribution in [2.45, 2.75) is 0 Å². The van der Waals surface area contributed by atoms with Crippen molar-refractivity contribution >= 4 is 17.9 Å². The second kappa shape index (κ2) is 15.3. The lowest BCUT2D eigenvalue weighted by molar-refractivity contribution is 0.0592. The maximum absolute atomic E-state index is 12.0. The number of carbonyl (C=O) groups is 3. The molecule has 1 aliphatic rings. The molecule has 6 nitrogen and oxygen atoms in total. The molecule has 6 aromatic rings. The third-order valence-electron chi connectivity index (χ3n) is 8.97. The van der Waals surface area contributed by atoms with Gasteiger partial charge in [-0.15, -0.1) is 0 Å². The van der Waals surface area contributed by atoms with E-state index >= 15 is 0 Å². The standard InChI is InChI=1S/C48H30O6/c1-52-46(49)37-16-4-31(5-17-37)40-22-10-34-14-26-44-29-42(33-8-20-39(21-9-33)48(51)54-3)24-12-36(44)15-27-45-30-41(23-11-35(45)13-25-43(34)28-40)32-6-18-38(19-7-32)47(50)53-2/h4-12,16-24,28-30H,1-3H3. The Morgan fingerprint density at radius 2 is 0.537 bits per heavy atom. The van der Waals surface area contributed by atoms with Crippen molar-refractivity contribution in [3.8, 4) is 68.9 Å². The van der Waals surface area contributed by atoms with Crippen LogP contribution in [0.25, 0.3) is 33.4 Å². The third-order valence-corrected chi connectivity index (χ3v) is 8.97. The van der Waals surface area contributed by atoms with Crippen LogP contribution in [0.3, 0.4) is 0 Å². The van der Waals surface area contributed by atoms with Gasteiger partial charge in [-0.2, -0.15) is 0 Å². The Balaban J connectivity index is 1.36. The van der Waals surface area contributed by atoms with Gasteiger partial charge in [-0.05, 0) is 106 Å². The largest absolute Gasteiger partial charge is 0.465 e. The van der Waals surface area contributed by atoms with Crippen LogP contribution in [0.4, 0.5) is 0 Å². The van der Waals surface area contributed by atoms with Gasteiger partial charge in [0.25, 0.3) is 0 Å². The van der Waals surface area contributed by atoms with E-state index in [9.17, 15) is 14.4 Å². The molecule has 0 spiro atoms. The van der Waals surface area contributed by atoms with Gasteiger partial charge in [0, 0.05) is 33.4 Å². The van der Waals surface area contributed by atoms with E-state index in [0.717, 1.165) is 66.8 Å². The first kappa shape index (κ1) is 34.8. The summed E-state index contributed by atoms with van der Waals surface area (Å²) >= 11 is 0. The first-order chi connectivity index (χ1) is 26.3. The molecule has 7 rings (SSSR count). The first-order valence-corrected chi connectivity index (χ1v) is 16.9. The average molecular weight is 703 g/mol. The summed E-state index contributed by atoms with van der Waals surface area (Å²) in [6, 6.07) is 39.5. The lowest BCUT2D eigenvalue weighted by Crippen LogP contribution is -2.00. The second-order valence-corrected chi connectivity index (χ2v) is 12.2. The van der Waals surface area contributed by atoms with Crippen LogP contribution < -0.4 is 0 Å². The van der Waals surface area contributed by atoms with Gasteiger partial charge >= 0.3 is 17.9 Å². The second-order valence-electron chi connectivity index (χ2n) is 12.2. The summed E-state index contributed by atoms with van der Waals surface area (Å²) in [4.78, 5) is 36.1. The van der Waals surface area contributed by atoms with Crippen LogP contribution in [0.5, 0.6) is 0 Å². The number of carbonyl (C=O) groups excluding carboxylic acids is 3. The SMILES string of the molecule is COC(=O)c1ccc(-c2ccc3c(c2)C#Cc2ccc(-c4ccc(C(=O)OC)cc4)cc2C#Cc2ccc(-c4ccc(C(=O)OC)cc4)cc2C#C3)cc1. The molecule has 0 atom stereocenters. The fourth-order valence-corrected chi connectivity index (χ4v) is 5.96. The predicted octanol–water partition coefficient (Wildman–Crippen LogP) is 8.56. The highest BCUT2D eigenvalue weighted by atomic mass is 16.5. The van der Waals surface area contributed by atoms with Crippen molar-refractivity contribution in [2.75, 3.05) is 21.3 Å². The molecule has 0 saturated carbocycles. The third kappa shape index (κ3) is 7.39. The van der Waals surface area contributed by atoms with Crippen molar-refractivity contribution in [1.82, 2.24) is 0 Å². The van der Waals surface area contributed by atoms with Gasteiger partial charge in [-0.3, -0.25) is 0 Å². The molecule has 1 aliphatic carbocycles.